The van der Waals surface area contributed by atoms with Crippen molar-refractivity contribution < 1.29 is 4.79 Å². The lowest BCUT2D eigenvalue weighted by atomic mass is 10.0. The van der Waals surface area contributed by atoms with Gasteiger partial charge in [0.2, 0.25) is 5.91 Å². The van der Waals surface area contributed by atoms with E-state index in [4.69, 9.17) is 4.98 Å². The molecule has 1 aliphatic heterocycles. The number of anilines is 1. The number of aromatic nitrogens is 2. The molecule has 0 saturated carbocycles. The Morgan fingerprint density at radius 1 is 1.25 bits per heavy atom. The van der Waals surface area contributed by atoms with E-state index in [-0.39, 0.29) is 5.91 Å². The van der Waals surface area contributed by atoms with Gasteiger partial charge in [0, 0.05) is 38.0 Å². The Balaban J connectivity index is 1.64. The minimum absolute atomic E-state index is 0.157. The quantitative estimate of drug-likeness (QED) is 0.840. The summed E-state index contributed by atoms with van der Waals surface area (Å²) in [5.41, 5.74) is 1.49. The first-order valence-corrected chi connectivity index (χ1v) is 9.63. The van der Waals surface area contributed by atoms with Gasteiger partial charge in [0.1, 0.15) is 16.5 Å². The highest BCUT2D eigenvalue weighted by Gasteiger charge is 2.28. The molecule has 2 aliphatic rings. The van der Waals surface area contributed by atoms with Crippen LogP contribution in [0.5, 0.6) is 0 Å². The van der Waals surface area contributed by atoms with Crippen molar-refractivity contribution in [2.75, 3.05) is 25.0 Å². The highest BCUT2D eigenvalue weighted by molar-refractivity contribution is 7.19. The van der Waals surface area contributed by atoms with Crippen molar-refractivity contribution >= 4 is 33.3 Å². The summed E-state index contributed by atoms with van der Waals surface area (Å²) in [6.07, 6.45) is 5.63. The van der Waals surface area contributed by atoms with Crippen molar-refractivity contribution in [2.45, 2.75) is 52.0 Å². The van der Waals surface area contributed by atoms with Gasteiger partial charge in [0.05, 0.1) is 5.39 Å². The van der Waals surface area contributed by atoms with Gasteiger partial charge in [-0.15, -0.1) is 11.3 Å². The number of amides is 1. The van der Waals surface area contributed by atoms with Crippen molar-refractivity contribution in [3.05, 3.63) is 16.3 Å². The van der Waals surface area contributed by atoms with Crippen LogP contribution < -0.4 is 4.90 Å². The van der Waals surface area contributed by atoms with E-state index in [0.29, 0.717) is 6.04 Å². The molecule has 5 nitrogen and oxygen atoms in total. The molecule has 0 N–H and O–H groups in total. The minimum Gasteiger partial charge on any atom is -0.356 e. The number of carbonyl (C=O) groups is 1. The van der Waals surface area contributed by atoms with Crippen molar-refractivity contribution in [2.24, 2.45) is 0 Å². The van der Waals surface area contributed by atoms with E-state index in [1.165, 1.54) is 28.7 Å². The summed E-state index contributed by atoms with van der Waals surface area (Å²) >= 11 is 1.86. The smallest absolute Gasteiger partial charge is 0.219 e. The Kier molecular flexibility index (Phi) is 3.95. The van der Waals surface area contributed by atoms with E-state index >= 15 is 0 Å². The lowest BCUT2D eigenvalue weighted by Crippen LogP contribution is -2.45. The number of piperidine rings is 1. The number of aryl methyl sites for hydroxylation is 3. The molecular formula is C18H24N4OS. The second-order valence-electron chi connectivity index (χ2n) is 6.98. The molecule has 1 amide bonds. The molecule has 0 aromatic carbocycles. The lowest BCUT2D eigenvalue weighted by molar-refractivity contribution is -0.129. The zero-order valence-electron chi connectivity index (χ0n) is 14.6. The Labute approximate surface area is 146 Å². The molecular weight excluding hydrogens is 320 g/mol. The Morgan fingerprint density at radius 2 is 2.00 bits per heavy atom. The van der Waals surface area contributed by atoms with Crippen LogP contribution in [0.2, 0.25) is 0 Å². The van der Waals surface area contributed by atoms with Gasteiger partial charge in [-0.1, -0.05) is 0 Å². The maximum absolute atomic E-state index is 11.6. The van der Waals surface area contributed by atoms with Gasteiger partial charge >= 0.3 is 0 Å². The van der Waals surface area contributed by atoms with Crippen LogP contribution in [0.4, 0.5) is 5.82 Å². The fraction of sp³-hybridized carbons (Fsp3) is 0.611. The van der Waals surface area contributed by atoms with Crippen LogP contribution >= 0.6 is 11.3 Å². The molecule has 2 aromatic heterocycles. The Morgan fingerprint density at radius 3 is 2.71 bits per heavy atom. The first kappa shape index (κ1) is 15.8. The number of hydrogen-bond donors (Lipinski definition) is 0. The van der Waals surface area contributed by atoms with Crippen LogP contribution in [-0.2, 0) is 17.6 Å². The first-order valence-electron chi connectivity index (χ1n) is 8.82. The van der Waals surface area contributed by atoms with Crippen LogP contribution in [0.25, 0.3) is 10.2 Å². The normalized spacial score (nSPS) is 18.2. The summed E-state index contributed by atoms with van der Waals surface area (Å²) in [4.78, 5) is 28.1. The number of hydrogen-bond acceptors (Lipinski definition) is 5. The predicted molar refractivity (Wildman–Crippen MR) is 97.9 cm³/mol. The molecule has 3 heterocycles. The van der Waals surface area contributed by atoms with Crippen LogP contribution in [0, 0.1) is 6.92 Å². The second-order valence-corrected chi connectivity index (χ2v) is 8.06. The van der Waals surface area contributed by atoms with Crippen molar-refractivity contribution in [3.63, 3.8) is 0 Å². The zero-order chi connectivity index (χ0) is 16.8. The third-order valence-electron chi connectivity index (χ3n) is 5.47. The van der Waals surface area contributed by atoms with Gasteiger partial charge < -0.3 is 9.80 Å². The molecule has 1 fully saturated rings. The summed E-state index contributed by atoms with van der Waals surface area (Å²) in [5, 5.41) is 1.30. The van der Waals surface area contributed by atoms with E-state index in [9.17, 15) is 4.79 Å². The largest absolute Gasteiger partial charge is 0.356 e. The van der Waals surface area contributed by atoms with Gasteiger partial charge in [-0.05, 0) is 44.6 Å². The molecule has 0 atom stereocenters. The molecule has 0 radical (unpaired) electrons. The van der Waals surface area contributed by atoms with E-state index in [0.717, 1.165) is 48.8 Å². The molecule has 24 heavy (non-hydrogen) atoms. The van der Waals surface area contributed by atoms with E-state index in [1.807, 2.05) is 30.2 Å². The SMILES string of the molecule is CC(=O)N(C)C1CCN(c2nc(C)nc3sc4c(c23)CCC4)CC1. The molecule has 0 unspecified atom stereocenters. The molecule has 128 valence electrons. The monoisotopic (exact) mass is 344 g/mol. The number of carbonyl (C=O) groups excluding carboxylic acids is 1. The van der Waals surface area contributed by atoms with E-state index < -0.39 is 0 Å². The maximum Gasteiger partial charge on any atom is 0.219 e. The van der Waals surface area contributed by atoms with Crippen molar-refractivity contribution in [3.8, 4) is 0 Å². The molecule has 6 heteroatoms. The predicted octanol–water partition coefficient (Wildman–Crippen LogP) is 2.94. The van der Waals surface area contributed by atoms with Gasteiger partial charge in [-0.3, -0.25) is 4.79 Å². The highest BCUT2D eigenvalue weighted by atomic mass is 32.1. The van der Waals surface area contributed by atoms with Crippen molar-refractivity contribution in [1.29, 1.82) is 0 Å². The minimum atomic E-state index is 0.157. The van der Waals surface area contributed by atoms with Crippen LogP contribution in [-0.4, -0.2) is 47.0 Å². The summed E-state index contributed by atoms with van der Waals surface area (Å²) in [5.74, 6) is 2.14. The van der Waals surface area contributed by atoms with Gasteiger partial charge in [-0.25, -0.2) is 9.97 Å². The lowest BCUT2D eigenvalue weighted by Gasteiger charge is -2.37. The molecule has 0 bridgehead atoms. The van der Waals surface area contributed by atoms with Crippen LogP contribution in [0.1, 0.15) is 42.5 Å². The average Bonchev–Trinajstić information content (AvgIpc) is 3.14. The third-order valence-corrected chi connectivity index (χ3v) is 6.65. The summed E-state index contributed by atoms with van der Waals surface area (Å²) in [6, 6.07) is 0.352. The molecule has 0 spiro atoms. The summed E-state index contributed by atoms with van der Waals surface area (Å²) < 4.78 is 0. The zero-order valence-corrected chi connectivity index (χ0v) is 15.4. The fourth-order valence-electron chi connectivity index (χ4n) is 4.03. The number of thiophene rings is 1. The first-order chi connectivity index (χ1) is 11.5. The van der Waals surface area contributed by atoms with Gasteiger partial charge in [0.15, 0.2) is 0 Å². The third kappa shape index (κ3) is 2.57. The van der Waals surface area contributed by atoms with E-state index in [1.54, 1.807) is 6.92 Å². The summed E-state index contributed by atoms with van der Waals surface area (Å²) in [7, 11) is 1.92. The van der Waals surface area contributed by atoms with Crippen LogP contribution in [0.3, 0.4) is 0 Å². The van der Waals surface area contributed by atoms with E-state index in [2.05, 4.69) is 9.88 Å². The molecule has 1 saturated heterocycles. The van der Waals surface area contributed by atoms with Crippen LogP contribution in [0.15, 0.2) is 0 Å². The van der Waals surface area contributed by atoms with Gasteiger partial charge in [0.25, 0.3) is 0 Å². The highest BCUT2D eigenvalue weighted by Crippen LogP contribution is 2.41. The molecule has 1 aliphatic carbocycles. The molecule has 4 rings (SSSR count). The van der Waals surface area contributed by atoms with Gasteiger partial charge in [-0.2, -0.15) is 0 Å². The molecule has 2 aromatic rings. The maximum atomic E-state index is 11.6. The second kappa shape index (κ2) is 5.99. The van der Waals surface area contributed by atoms with Crippen molar-refractivity contribution in [1.82, 2.24) is 14.9 Å². The average molecular weight is 344 g/mol. The number of fused-ring (bicyclic) bond motifs is 3. The topological polar surface area (TPSA) is 49.3 Å². The number of nitrogens with zero attached hydrogens (tertiary/aromatic N) is 4. The summed E-state index contributed by atoms with van der Waals surface area (Å²) in [6.45, 7) is 5.55. The Bertz CT molecular complexity index is 792. The Hall–Kier alpha value is -1.69. The standard InChI is InChI=1S/C18H24N4OS/c1-11-19-17(16-14-5-4-6-15(14)24-18(16)20-11)22-9-7-13(8-10-22)21(3)12(2)23/h13H,4-10H2,1-3H3. The fourth-order valence-corrected chi connectivity index (χ4v) is 5.33. The number of rotatable bonds is 2.